The number of nitrogens with zero attached hydrogens (tertiary/aromatic N) is 3. The van der Waals surface area contributed by atoms with Gasteiger partial charge in [-0.1, -0.05) is 6.07 Å². The Morgan fingerprint density at radius 3 is 3.11 bits per heavy atom. The van der Waals surface area contributed by atoms with Crippen molar-refractivity contribution in [2.75, 3.05) is 7.05 Å². The van der Waals surface area contributed by atoms with Crippen LogP contribution in [0.4, 0.5) is 0 Å². The number of hydrogen-bond acceptors (Lipinski definition) is 4. The number of benzene rings is 1. The van der Waals surface area contributed by atoms with E-state index in [0.29, 0.717) is 0 Å². The molecule has 1 aromatic carbocycles. The van der Waals surface area contributed by atoms with Crippen molar-refractivity contribution in [3.05, 3.63) is 36.5 Å². The second-order valence-electron chi connectivity index (χ2n) is 4.23. The van der Waals surface area contributed by atoms with Crippen LogP contribution in [0, 0.1) is 0 Å². The number of aromatic nitrogens is 3. The summed E-state index contributed by atoms with van der Waals surface area (Å²) in [7, 11) is 3.84. The van der Waals surface area contributed by atoms with Gasteiger partial charge in [-0.15, -0.1) is 0 Å². The van der Waals surface area contributed by atoms with Gasteiger partial charge in [-0.05, 0) is 24.7 Å². The van der Waals surface area contributed by atoms with Gasteiger partial charge in [-0.2, -0.15) is 5.10 Å². The minimum Gasteiger partial charge on any atom is -0.443 e. The fraction of sp³-hybridized carbons (Fsp3) is 0.231. The van der Waals surface area contributed by atoms with Gasteiger partial charge < -0.3 is 9.73 Å². The smallest absolute Gasteiger partial charge is 0.181 e. The molecule has 2 aromatic heterocycles. The highest BCUT2D eigenvalue weighted by molar-refractivity contribution is 5.80. The van der Waals surface area contributed by atoms with E-state index < -0.39 is 0 Å². The largest absolute Gasteiger partial charge is 0.443 e. The van der Waals surface area contributed by atoms with Crippen LogP contribution in [-0.4, -0.2) is 21.8 Å². The lowest BCUT2D eigenvalue weighted by atomic mass is 10.1. The van der Waals surface area contributed by atoms with Crippen LogP contribution in [0.25, 0.3) is 22.2 Å². The predicted octanol–water partition coefficient (Wildman–Crippen LogP) is 1.95. The SMILES string of the molecule is CNCc1nn(C)cc1-c1ccc2ncoc2c1. The molecule has 0 unspecified atom stereocenters. The van der Waals surface area contributed by atoms with E-state index in [4.69, 9.17) is 4.42 Å². The Hall–Kier alpha value is -2.14. The molecule has 0 radical (unpaired) electrons. The van der Waals surface area contributed by atoms with E-state index in [1.165, 1.54) is 6.39 Å². The second-order valence-corrected chi connectivity index (χ2v) is 4.23. The fourth-order valence-electron chi connectivity index (χ4n) is 2.10. The molecule has 0 aliphatic carbocycles. The molecule has 5 heteroatoms. The first-order chi connectivity index (χ1) is 8.78. The fourth-order valence-corrected chi connectivity index (χ4v) is 2.10. The quantitative estimate of drug-likeness (QED) is 0.762. The first-order valence-corrected chi connectivity index (χ1v) is 5.78. The van der Waals surface area contributed by atoms with E-state index in [9.17, 15) is 0 Å². The maximum absolute atomic E-state index is 5.33. The standard InChI is InChI=1S/C13H14N4O/c1-14-6-12-10(7-17(2)16-12)9-3-4-11-13(5-9)18-8-15-11/h3-5,7-8,14H,6H2,1-2H3. The molecule has 0 amide bonds. The monoisotopic (exact) mass is 242 g/mol. The molecular weight excluding hydrogens is 228 g/mol. The highest BCUT2D eigenvalue weighted by Gasteiger charge is 2.10. The molecule has 92 valence electrons. The molecule has 0 spiro atoms. The average molecular weight is 242 g/mol. The van der Waals surface area contributed by atoms with Gasteiger partial charge in [-0.3, -0.25) is 4.68 Å². The molecule has 0 saturated carbocycles. The Bertz CT molecular complexity index is 683. The summed E-state index contributed by atoms with van der Waals surface area (Å²) in [6.07, 6.45) is 3.48. The van der Waals surface area contributed by atoms with Gasteiger partial charge in [0.1, 0.15) is 5.52 Å². The zero-order chi connectivity index (χ0) is 12.5. The summed E-state index contributed by atoms with van der Waals surface area (Å²) in [5, 5.41) is 7.58. The molecule has 0 saturated heterocycles. The van der Waals surface area contributed by atoms with Crippen molar-refractivity contribution >= 4 is 11.1 Å². The maximum atomic E-state index is 5.33. The van der Waals surface area contributed by atoms with Crippen LogP contribution in [0.15, 0.2) is 35.2 Å². The van der Waals surface area contributed by atoms with E-state index in [1.54, 1.807) is 0 Å². The van der Waals surface area contributed by atoms with Crippen LogP contribution in [0.5, 0.6) is 0 Å². The first kappa shape index (κ1) is 11.0. The number of hydrogen-bond donors (Lipinski definition) is 1. The third-order valence-corrected chi connectivity index (χ3v) is 2.89. The molecule has 3 rings (SSSR count). The van der Waals surface area contributed by atoms with Crippen molar-refractivity contribution in [1.29, 1.82) is 0 Å². The van der Waals surface area contributed by atoms with Crippen molar-refractivity contribution in [3.63, 3.8) is 0 Å². The summed E-state index contributed by atoms with van der Waals surface area (Å²) in [5.41, 5.74) is 4.91. The minimum atomic E-state index is 0.741. The van der Waals surface area contributed by atoms with Gasteiger partial charge >= 0.3 is 0 Å². The Balaban J connectivity index is 2.12. The van der Waals surface area contributed by atoms with E-state index in [-0.39, 0.29) is 0 Å². The van der Waals surface area contributed by atoms with Crippen LogP contribution >= 0.6 is 0 Å². The van der Waals surface area contributed by atoms with Crippen LogP contribution < -0.4 is 5.32 Å². The summed E-state index contributed by atoms with van der Waals surface area (Å²) >= 11 is 0. The Morgan fingerprint density at radius 1 is 1.39 bits per heavy atom. The van der Waals surface area contributed by atoms with Gasteiger partial charge in [0, 0.05) is 25.4 Å². The van der Waals surface area contributed by atoms with Gasteiger partial charge in [-0.25, -0.2) is 4.98 Å². The third-order valence-electron chi connectivity index (χ3n) is 2.89. The molecule has 0 bridgehead atoms. The minimum absolute atomic E-state index is 0.741. The molecule has 2 heterocycles. The van der Waals surface area contributed by atoms with Crippen LogP contribution in [0.1, 0.15) is 5.69 Å². The topological polar surface area (TPSA) is 55.9 Å². The van der Waals surface area contributed by atoms with Crippen molar-refractivity contribution < 1.29 is 4.42 Å². The molecule has 0 atom stereocenters. The third kappa shape index (κ3) is 1.78. The molecular formula is C13H14N4O. The number of rotatable bonds is 3. The number of aryl methyl sites for hydroxylation is 1. The summed E-state index contributed by atoms with van der Waals surface area (Å²) in [6.45, 7) is 0.741. The molecule has 0 aliphatic heterocycles. The lowest BCUT2D eigenvalue weighted by Gasteiger charge is -2.01. The Kier molecular flexibility index (Phi) is 2.60. The number of fused-ring (bicyclic) bond motifs is 1. The second kappa shape index (κ2) is 4.27. The highest BCUT2D eigenvalue weighted by atomic mass is 16.3. The zero-order valence-electron chi connectivity index (χ0n) is 10.3. The zero-order valence-corrected chi connectivity index (χ0v) is 10.3. The van der Waals surface area contributed by atoms with Gasteiger partial charge in [0.05, 0.1) is 5.69 Å². The van der Waals surface area contributed by atoms with E-state index in [1.807, 2.05) is 43.2 Å². The van der Waals surface area contributed by atoms with E-state index >= 15 is 0 Å². The van der Waals surface area contributed by atoms with E-state index in [2.05, 4.69) is 15.4 Å². The van der Waals surface area contributed by atoms with Crippen LogP contribution in [0.3, 0.4) is 0 Å². The summed E-state index contributed by atoms with van der Waals surface area (Å²) in [4.78, 5) is 4.12. The van der Waals surface area contributed by atoms with Crippen LogP contribution in [-0.2, 0) is 13.6 Å². The number of oxazole rings is 1. The van der Waals surface area contributed by atoms with E-state index in [0.717, 1.165) is 34.5 Å². The Morgan fingerprint density at radius 2 is 2.28 bits per heavy atom. The molecule has 0 aliphatic rings. The average Bonchev–Trinajstić information content (AvgIpc) is 2.95. The lowest BCUT2D eigenvalue weighted by molar-refractivity contribution is 0.602. The van der Waals surface area contributed by atoms with Crippen molar-refractivity contribution in [2.45, 2.75) is 6.54 Å². The van der Waals surface area contributed by atoms with Gasteiger partial charge in [0.2, 0.25) is 0 Å². The van der Waals surface area contributed by atoms with Crippen molar-refractivity contribution in [1.82, 2.24) is 20.1 Å². The van der Waals surface area contributed by atoms with Crippen molar-refractivity contribution in [2.24, 2.45) is 7.05 Å². The van der Waals surface area contributed by atoms with Crippen LogP contribution in [0.2, 0.25) is 0 Å². The molecule has 5 nitrogen and oxygen atoms in total. The van der Waals surface area contributed by atoms with Crippen molar-refractivity contribution in [3.8, 4) is 11.1 Å². The maximum Gasteiger partial charge on any atom is 0.181 e. The predicted molar refractivity (Wildman–Crippen MR) is 69.0 cm³/mol. The van der Waals surface area contributed by atoms with Gasteiger partial charge in [0.25, 0.3) is 0 Å². The Labute approximate surface area is 104 Å². The molecule has 1 N–H and O–H groups in total. The van der Waals surface area contributed by atoms with Gasteiger partial charge in [0.15, 0.2) is 12.0 Å². The normalized spacial score (nSPS) is 11.2. The highest BCUT2D eigenvalue weighted by Crippen LogP contribution is 2.26. The lowest BCUT2D eigenvalue weighted by Crippen LogP contribution is -2.07. The molecule has 0 fully saturated rings. The first-order valence-electron chi connectivity index (χ1n) is 5.78. The summed E-state index contributed by atoms with van der Waals surface area (Å²) in [6, 6.07) is 6.00. The number of nitrogens with one attached hydrogen (secondary N) is 1. The molecule has 18 heavy (non-hydrogen) atoms. The molecule has 3 aromatic rings. The summed E-state index contributed by atoms with van der Waals surface area (Å²) in [5.74, 6) is 0. The summed E-state index contributed by atoms with van der Waals surface area (Å²) < 4.78 is 7.16.